The van der Waals surface area contributed by atoms with E-state index in [0.717, 1.165) is 56.3 Å². The van der Waals surface area contributed by atoms with Gasteiger partial charge in [-0.15, -0.1) is 0 Å². The van der Waals surface area contributed by atoms with Crippen LogP contribution in [0.4, 0.5) is 5.69 Å². The Hall–Kier alpha value is -1.44. The van der Waals surface area contributed by atoms with Gasteiger partial charge in [0.05, 0.1) is 23.6 Å². The molecule has 1 aromatic rings. The molecule has 0 spiro atoms. The first-order chi connectivity index (χ1) is 10.1. The van der Waals surface area contributed by atoms with Crippen LogP contribution in [0.3, 0.4) is 0 Å². The minimum Gasteiger partial charge on any atom is -0.322 e. The number of aryl methyl sites for hydroxylation is 2. The van der Waals surface area contributed by atoms with Crippen molar-refractivity contribution in [2.24, 2.45) is 0 Å². The van der Waals surface area contributed by atoms with Crippen molar-refractivity contribution >= 4 is 11.6 Å². The van der Waals surface area contributed by atoms with E-state index in [9.17, 15) is 4.79 Å². The molecule has 7 heteroatoms. The molecular formula is C14H24N6O. The fourth-order valence-corrected chi connectivity index (χ4v) is 2.94. The molecule has 0 atom stereocenters. The molecule has 0 aromatic carbocycles. The highest BCUT2D eigenvalue weighted by molar-refractivity contribution is 5.93. The largest absolute Gasteiger partial charge is 0.322 e. The molecule has 3 heterocycles. The van der Waals surface area contributed by atoms with Gasteiger partial charge in [-0.1, -0.05) is 0 Å². The van der Waals surface area contributed by atoms with Crippen LogP contribution in [0, 0.1) is 13.8 Å². The number of hydrogen-bond acceptors (Lipinski definition) is 5. The number of rotatable bonds is 4. The van der Waals surface area contributed by atoms with Gasteiger partial charge in [0.15, 0.2) is 0 Å². The molecular weight excluding hydrogens is 268 g/mol. The van der Waals surface area contributed by atoms with Gasteiger partial charge in [-0.05, 0) is 13.8 Å². The molecule has 3 N–H and O–H groups in total. The van der Waals surface area contributed by atoms with E-state index < -0.39 is 0 Å². The van der Waals surface area contributed by atoms with Gasteiger partial charge in [0.2, 0.25) is 5.91 Å². The van der Waals surface area contributed by atoms with Crippen LogP contribution in [0.25, 0.3) is 0 Å². The molecule has 3 rings (SSSR count). The fraction of sp³-hybridized carbons (Fsp3) is 0.714. The van der Waals surface area contributed by atoms with E-state index in [4.69, 9.17) is 0 Å². The second-order valence-corrected chi connectivity index (χ2v) is 5.98. The Labute approximate surface area is 125 Å². The Bertz CT molecular complexity index is 482. The van der Waals surface area contributed by atoms with Crippen LogP contribution in [-0.4, -0.2) is 77.8 Å². The summed E-state index contributed by atoms with van der Waals surface area (Å²) >= 11 is 0. The number of carbonyl (C=O) groups excluding carboxylic acids is 1. The average molecular weight is 292 g/mol. The van der Waals surface area contributed by atoms with Crippen molar-refractivity contribution in [2.75, 3.05) is 51.1 Å². The standard InChI is InChI=1S/C14H24N6O/c1-10-14(11(2)18-17-10)16-13(21)9-19-3-5-20(6-4-19)12-7-15-8-12/h12,15H,3-9H2,1-2H3,(H,16,21)(H,17,18). The third-order valence-electron chi connectivity index (χ3n) is 4.44. The predicted molar refractivity (Wildman–Crippen MR) is 81.4 cm³/mol. The topological polar surface area (TPSA) is 76.3 Å². The van der Waals surface area contributed by atoms with Crippen LogP contribution in [-0.2, 0) is 4.79 Å². The lowest BCUT2D eigenvalue weighted by molar-refractivity contribution is -0.117. The molecule has 2 fully saturated rings. The van der Waals surface area contributed by atoms with Crippen molar-refractivity contribution in [1.29, 1.82) is 0 Å². The summed E-state index contributed by atoms with van der Waals surface area (Å²) in [7, 11) is 0. The van der Waals surface area contributed by atoms with Crippen LogP contribution in [0.1, 0.15) is 11.4 Å². The van der Waals surface area contributed by atoms with Crippen molar-refractivity contribution in [3.05, 3.63) is 11.4 Å². The van der Waals surface area contributed by atoms with Gasteiger partial charge in [0.1, 0.15) is 0 Å². The van der Waals surface area contributed by atoms with Gasteiger partial charge in [0.25, 0.3) is 0 Å². The third-order valence-corrected chi connectivity index (χ3v) is 4.44. The van der Waals surface area contributed by atoms with E-state index in [-0.39, 0.29) is 5.91 Å². The molecule has 7 nitrogen and oxygen atoms in total. The minimum atomic E-state index is 0.0429. The molecule has 0 radical (unpaired) electrons. The molecule has 0 saturated carbocycles. The number of aromatic nitrogens is 2. The highest BCUT2D eigenvalue weighted by Gasteiger charge is 2.28. The van der Waals surface area contributed by atoms with E-state index in [1.54, 1.807) is 0 Å². The zero-order chi connectivity index (χ0) is 14.8. The number of nitrogens with one attached hydrogen (secondary N) is 3. The minimum absolute atomic E-state index is 0.0429. The van der Waals surface area contributed by atoms with E-state index in [2.05, 4.69) is 30.6 Å². The number of H-pyrrole nitrogens is 1. The van der Waals surface area contributed by atoms with Gasteiger partial charge in [0, 0.05) is 45.3 Å². The number of carbonyl (C=O) groups is 1. The molecule has 0 bridgehead atoms. The Morgan fingerprint density at radius 2 is 2.00 bits per heavy atom. The van der Waals surface area contributed by atoms with Crippen LogP contribution < -0.4 is 10.6 Å². The zero-order valence-electron chi connectivity index (χ0n) is 12.8. The maximum Gasteiger partial charge on any atom is 0.238 e. The Morgan fingerprint density at radius 3 is 2.52 bits per heavy atom. The first-order valence-electron chi connectivity index (χ1n) is 7.62. The summed E-state index contributed by atoms with van der Waals surface area (Å²) < 4.78 is 0. The van der Waals surface area contributed by atoms with Gasteiger partial charge < -0.3 is 10.6 Å². The second-order valence-electron chi connectivity index (χ2n) is 5.98. The van der Waals surface area contributed by atoms with Crippen molar-refractivity contribution in [2.45, 2.75) is 19.9 Å². The number of piperazine rings is 1. The highest BCUT2D eigenvalue weighted by atomic mass is 16.2. The van der Waals surface area contributed by atoms with Crippen LogP contribution >= 0.6 is 0 Å². The lowest BCUT2D eigenvalue weighted by Crippen LogP contribution is -2.61. The number of nitrogens with zero attached hydrogens (tertiary/aromatic N) is 3. The lowest BCUT2D eigenvalue weighted by atomic mass is 10.1. The number of hydrogen-bond donors (Lipinski definition) is 3. The average Bonchev–Trinajstić information content (AvgIpc) is 2.71. The lowest BCUT2D eigenvalue weighted by Gasteiger charge is -2.43. The smallest absolute Gasteiger partial charge is 0.238 e. The molecule has 2 saturated heterocycles. The van der Waals surface area contributed by atoms with Crippen LogP contribution in [0.15, 0.2) is 0 Å². The summed E-state index contributed by atoms with van der Waals surface area (Å²) in [6.07, 6.45) is 0. The zero-order valence-corrected chi connectivity index (χ0v) is 12.8. The molecule has 1 aromatic heterocycles. The molecule has 2 aliphatic rings. The first-order valence-corrected chi connectivity index (χ1v) is 7.62. The van der Waals surface area contributed by atoms with E-state index in [1.807, 2.05) is 13.8 Å². The maximum atomic E-state index is 12.1. The van der Waals surface area contributed by atoms with Crippen LogP contribution in [0.2, 0.25) is 0 Å². The van der Waals surface area contributed by atoms with Crippen molar-refractivity contribution in [3.8, 4) is 0 Å². The SMILES string of the molecule is Cc1n[nH]c(C)c1NC(=O)CN1CCN(C2CNC2)CC1. The van der Waals surface area contributed by atoms with Crippen molar-refractivity contribution in [1.82, 2.24) is 25.3 Å². The maximum absolute atomic E-state index is 12.1. The number of anilines is 1. The molecule has 116 valence electrons. The van der Waals surface area contributed by atoms with Gasteiger partial charge in [-0.25, -0.2) is 0 Å². The molecule has 0 aliphatic carbocycles. The summed E-state index contributed by atoms with van der Waals surface area (Å²) in [5.41, 5.74) is 2.56. The summed E-state index contributed by atoms with van der Waals surface area (Å²) in [6, 6.07) is 0.706. The molecule has 21 heavy (non-hydrogen) atoms. The van der Waals surface area contributed by atoms with Gasteiger partial charge >= 0.3 is 0 Å². The molecule has 0 unspecified atom stereocenters. The Balaban J connectivity index is 1.45. The van der Waals surface area contributed by atoms with E-state index in [1.165, 1.54) is 0 Å². The summed E-state index contributed by atoms with van der Waals surface area (Å²) in [5.74, 6) is 0.0429. The highest BCUT2D eigenvalue weighted by Crippen LogP contribution is 2.16. The van der Waals surface area contributed by atoms with Gasteiger partial charge in [-0.2, -0.15) is 5.10 Å². The monoisotopic (exact) mass is 292 g/mol. The number of aromatic amines is 1. The fourth-order valence-electron chi connectivity index (χ4n) is 2.94. The Kier molecular flexibility index (Phi) is 4.23. The van der Waals surface area contributed by atoms with Crippen LogP contribution in [0.5, 0.6) is 0 Å². The first kappa shape index (κ1) is 14.5. The van der Waals surface area contributed by atoms with Crippen molar-refractivity contribution in [3.63, 3.8) is 0 Å². The third kappa shape index (κ3) is 3.25. The number of amides is 1. The predicted octanol–water partition coefficient (Wildman–Crippen LogP) is -0.446. The van der Waals surface area contributed by atoms with E-state index in [0.29, 0.717) is 12.6 Å². The Morgan fingerprint density at radius 1 is 1.29 bits per heavy atom. The van der Waals surface area contributed by atoms with Gasteiger partial charge in [-0.3, -0.25) is 19.7 Å². The summed E-state index contributed by atoms with van der Waals surface area (Å²) in [4.78, 5) is 16.9. The molecule has 1 amide bonds. The quantitative estimate of drug-likeness (QED) is 0.701. The molecule has 2 aliphatic heterocycles. The summed E-state index contributed by atoms with van der Waals surface area (Å²) in [6.45, 7) is 10.5. The van der Waals surface area contributed by atoms with Crippen molar-refractivity contribution < 1.29 is 4.79 Å². The summed E-state index contributed by atoms with van der Waals surface area (Å²) in [5, 5.41) is 13.3. The second kappa shape index (κ2) is 6.13. The van der Waals surface area contributed by atoms with E-state index >= 15 is 0 Å². The normalized spacial score (nSPS) is 21.2.